The fourth-order valence-corrected chi connectivity index (χ4v) is 3.34. The molecule has 0 saturated heterocycles. The summed E-state index contributed by atoms with van der Waals surface area (Å²) in [5, 5.41) is 0.398. The second kappa shape index (κ2) is 6.46. The normalized spacial score (nSPS) is 11.1. The van der Waals surface area contributed by atoms with E-state index in [9.17, 15) is 8.42 Å². The van der Waals surface area contributed by atoms with Crippen LogP contribution >= 0.6 is 11.6 Å². The Labute approximate surface area is 134 Å². The molecule has 0 amide bonds. The maximum atomic E-state index is 12.6. The molecule has 0 aliphatic heterocycles. The van der Waals surface area contributed by atoms with Crippen LogP contribution in [0.1, 0.15) is 5.56 Å². The molecule has 1 N–H and O–H groups in total. The highest BCUT2D eigenvalue weighted by atomic mass is 35.5. The number of methoxy groups -OCH3 is 2. The Morgan fingerprint density at radius 1 is 1.00 bits per heavy atom. The summed E-state index contributed by atoms with van der Waals surface area (Å²) in [5.74, 6) is 0.646. The van der Waals surface area contributed by atoms with Gasteiger partial charge in [0.25, 0.3) is 10.0 Å². The van der Waals surface area contributed by atoms with Gasteiger partial charge in [-0.1, -0.05) is 17.7 Å². The maximum absolute atomic E-state index is 12.6. The molecule has 2 rings (SSSR count). The molecule has 0 saturated carbocycles. The average molecular weight is 342 g/mol. The number of anilines is 1. The quantitative estimate of drug-likeness (QED) is 0.904. The van der Waals surface area contributed by atoms with Crippen LogP contribution in [0.15, 0.2) is 41.3 Å². The number of sulfonamides is 1. The zero-order valence-corrected chi connectivity index (χ0v) is 14.0. The van der Waals surface area contributed by atoms with E-state index in [1.807, 2.05) is 6.92 Å². The van der Waals surface area contributed by atoms with E-state index in [4.69, 9.17) is 21.1 Å². The van der Waals surface area contributed by atoms with Crippen molar-refractivity contribution in [2.75, 3.05) is 18.9 Å². The maximum Gasteiger partial charge on any atom is 0.265 e. The Kier molecular flexibility index (Phi) is 4.83. The Hall–Kier alpha value is -1.92. The number of rotatable bonds is 5. The van der Waals surface area contributed by atoms with Crippen LogP contribution in [0.2, 0.25) is 5.02 Å². The zero-order chi connectivity index (χ0) is 16.3. The van der Waals surface area contributed by atoms with Crippen molar-refractivity contribution in [1.29, 1.82) is 0 Å². The first-order valence-electron chi connectivity index (χ1n) is 6.38. The third kappa shape index (κ3) is 3.45. The van der Waals surface area contributed by atoms with Crippen molar-refractivity contribution in [3.05, 3.63) is 47.0 Å². The highest BCUT2D eigenvalue weighted by Crippen LogP contribution is 2.32. The van der Waals surface area contributed by atoms with Gasteiger partial charge in [0.15, 0.2) is 0 Å². The first-order chi connectivity index (χ1) is 10.4. The molecule has 0 aromatic heterocycles. The summed E-state index contributed by atoms with van der Waals surface area (Å²) in [6.45, 7) is 1.85. The van der Waals surface area contributed by atoms with E-state index in [2.05, 4.69) is 4.72 Å². The van der Waals surface area contributed by atoms with Crippen LogP contribution in [-0.4, -0.2) is 22.6 Å². The smallest absolute Gasteiger partial charge is 0.265 e. The van der Waals surface area contributed by atoms with Gasteiger partial charge in [0.1, 0.15) is 16.4 Å². The Morgan fingerprint density at radius 3 is 2.32 bits per heavy atom. The molecule has 0 atom stereocenters. The van der Waals surface area contributed by atoms with Gasteiger partial charge < -0.3 is 9.47 Å². The summed E-state index contributed by atoms with van der Waals surface area (Å²) in [7, 11) is -0.960. The minimum atomic E-state index is -3.84. The minimum Gasteiger partial charge on any atom is -0.495 e. The molecule has 5 nitrogen and oxygen atoms in total. The first-order valence-corrected chi connectivity index (χ1v) is 8.24. The molecule has 2 aromatic rings. The summed E-state index contributed by atoms with van der Waals surface area (Å²) in [6, 6.07) is 9.54. The highest BCUT2D eigenvalue weighted by molar-refractivity contribution is 7.92. The topological polar surface area (TPSA) is 64.6 Å². The number of hydrogen-bond acceptors (Lipinski definition) is 4. The molecule has 0 radical (unpaired) electrons. The fraction of sp³-hybridized carbons (Fsp3) is 0.200. The lowest BCUT2D eigenvalue weighted by molar-refractivity contribution is 0.402. The molecular formula is C15H16ClNO4S. The fourth-order valence-electron chi connectivity index (χ4n) is 1.96. The number of hydrogen-bond donors (Lipinski definition) is 1. The zero-order valence-electron chi connectivity index (χ0n) is 12.4. The van der Waals surface area contributed by atoms with Crippen molar-refractivity contribution in [2.24, 2.45) is 0 Å². The average Bonchev–Trinajstić information content (AvgIpc) is 2.46. The van der Waals surface area contributed by atoms with Crippen molar-refractivity contribution >= 4 is 27.3 Å². The summed E-state index contributed by atoms with van der Waals surface area (Å²) >= 11 is 5.91. The second-order valence-corrected chi connectivity index (χ2v) is 6.69. The van der Waals surface area contributed by atoms with Gasteiger partial charge in [0.05, 0.1) is 19.9 Å². The van der Waals surface area contributed by atoms with Gasteiger partial charge in [-0.2, -0.15) is 0 Å². The summed E-state index contributed by atoms with van der Waals surface area (Å²) in [6.07, 6.45) is 0. The van der Waals surface area contributed by atoms with Gasteiger partial charge in [-0.3, -0.25) is 4.72 Å². The largest absolute Gasteiger partial charge is 0.495 e. The molecule has 7 heteroatoms. The van der Waals surface area contributed by atoms with Gasteiger partial charge >= 0.3 is 0 Å². The number of ether oxygens (including phenoxy) is 2. The third-order valence-electron chi connectivity index (χ3n) is 3.01. The lowest BCUT2D eigenvalue weighted by Crippen LogP contribution is -2.14. The Balaban J connectivity index is 2.47. The SMILES string of the molecule is COc1ccc(Cl)cc1NS(=O)(=O)c1ccc(C)cc1OC. The molecule has 0 bridgehead atoms. The number of aryl methyl sites for hydroxylation is 1. The van der Waals surface area contributed by atoms with Crippen LogP contribution in [0.5, 0.6) is 11.5 Å². The Morgan fingerprint density at radius 2 is 1.68 bits per heavy atom. The molecule has 118 valence electrons. The van der Waals surface area contributed by atoms with Gasteiger partial charge in [0, 0.05) is 5.02 Å². The molecule has 0 aliphatic rings. The number of nitrogens with one attached hydrogen (secondary N) is 1. The predicted molar refractivity (Wildman–Crippen MR) is 86.5 cm³/mol. The van der Waals surface area contributed by atoms with E-state index in [1.165, 1.54) is 26.4 Å². The van der Waals surface area contributed by atoms with E-state index in [1.54, 1.807) is 24.3 Å². The van der Waals surface area contributed by atoms with Crippen LogP contribution < -0.4 is 14.2 Å². The van der Waals surface area contributed by atoms with Gasteiger partial charge in [0.2, 0.25) is 0 Å². The lowest BCUT2D eigenvalue weighted by atomic mass is 10.2. The van der Waals surface area contributed by atoms with E-state index in [0.29, 0.717) is 10.8 Å². The standard InChI is InChI=1S/C15H16ClNO4S/c1-10-4-7-15(14(8-10)21-3)22(18,19)17-12-9-11(16)5-6-13(12)20-2/h4-9,17H,1-3H3. The van der Waals surface area contributed by atoms with Crippen molar-refractivity contribution in [3.8, 4) is 11.5 Å². The van der Waals surface area contributed by atoms with Crippen LogP contribution in [0.4, 0.5) is 5.69 Å². The molecule has 0 unspecified atom stereocenters. The van der Waals surface area contributed by atoms with Gasteiger partial charge in [-0.25, -0.2) is 8.42 Å². The minimum absolute atomic E-state index is 0.0441. The molecule has 0 fully saturated rings. The molecule has 2 aromatic carbocycles. The van der Waals surface area contributed by atoms with E-state index in [0.717, 1.165) is 5.56 Å². The van der Waals surface area contributed by atoms with E-state index in [-0.39, 0.29) is 16.3 Å². The highest BCUT2D eigenvalue weighted by Gasteiger charge is 2.21. The van der Waals surface area contributed by atoms with Crippen LogP contribution in [0.25, 0.3) is 0 Å². The van der Waals surface area contributed by atoms with Crippen molar-refractivity contribution in [3.63, 3.8) is 0 Å². The predicted octanol–water partition coefficient (Wildman–Crippen LogP) is 3.47. The molecule has 22 heavy (non-hydrogen) atoms. The van der Waals surface area contributed by atoms with E-state index >= 15 is 0 Å². The molecule has 0 spiro atoms. The number of benzene rings is 2. The van der Waals surface area contributed by atoms with Gasteiger partial charge in [-0.05, 0) is 42.8 Å². The summed E-state index contributed by atoms with van der Waals surface area (Å²) in [4.78, 5) is 0.0441. The number of halogens is 1. The van der Waals surface area contributed by atoms with Crippen LogP contribution in [0.3, 0.4) is 0 Å². The molecule has 0 aliphatic carbocycles. The lowest BCUT2D eigenvalue weighted by Gasteiger charge is -2.14. The van der Waals surface area contributed by atoms with Gasteiger partial charge in [-0.15, -0.1) is 0 Å². The summed E-state index contributed by atoms with van der Waals surface area (Å²) < 4.78 is 37.9. The second-order valence-electron chi connectivity index (χ2n) is 4.60. The van der Waals surface area contributed by atoms with E-state index < -0.39 is 10.0 Å². The van der Waals surface area contributed by atoms with Crippen LogP contribution in [-0.2, 0) is 10.0 Å². The van der Waals surface area contributed by atoms with Crippen molar-refractivity contribution < 1.29 is 17.9 Å². The first kappa shape index (κ1) is 16.5. The van der Waals surface area contributed by atoms with Crippen LogP contribution in [0, 0.1) is 6.92 Å². The summed E-state index contributed by atoms with van der Waals surface area (Å²) in [5.41, 5.74) is 1.16. The monoisotopic (exact) mass is 341 g/mol. The molecule has 0 heterocycles. The molecular weight excluding hydrogens is 326 g/mol. The Bertz CT molecular complexity index is 790. The van der Waals surface area contributed by atoms with Crippen molar-refractivity contribution in [1.82, 2.24) is 0 Å². The third-order valence-corrected chi connectivity index (χ3v) is 4.65. The van der Waals surface area contributed by atoms with Crippen molar-refractivity contribution in [2.45, 2.75) is 11.8 Å².